The molecule has 2 amide bonds. The molecule has 0 saturated carbocycles. The van der Waals surface area contributed by atoms with Gasteiger partial charge in [-0.15, -0.1) is 0 Å². The monoisotopic (exact) mass is 438 g/mol. The van der Waals surface area contributed by atoms with Gasteiger partial charge in [0.25, 0.3) is 5.91 Å². The Kier molecular flexibility index (Phi) is 7.20. The Balaban J connectivity index is 1.30. The molecule has 2 aliphatic rings. The molecule has 32 heavy (non-hydrogen) atoms. The summed E-state index contributed by atoms with van der Waals surface area (Å²) in [5.41, 5.74) is 1.77. The van der Waals surface area contributed by atoms with E-state index in [0.717, 1.165) is 56.5 Å². The third-order valence-corrected chi connectivity index (χ3v) is 6.54. The van der Waals surface area contributed by atoms with E-state index in [4.69, 9.17) is 4.74 Å². The Morgan fingerprint density at radius 3 is 2.34 bits per heavy atom. The SMILES string of the molecule is CCCOc1ccc(N2C(=O)CC(N3CCC(CCc4ccc(F)cc4)CC3)C2=O)cc1. The molecule has 170 valence electrons. The van der Waals surface area contributed by atoms with Crippen molar-refractivity contribution in [3.8, 4) is 5.75 Å². The van der Waals surface area contributed by atoms with Crippen LogP contribution in [0.3, 0.4) is 0 Å². The first kappa shape index (κ1) is 22.5. The van der Waals surface area contributed by atoms with Crippen LogP contribution < -0.4 is 9.64 Å². The van der Waals surface area contributed by atoms with Crippen molar-refractivity contribution < 1.29 is 18.7 Å². The number of rotatable bonds is 8. The average molecular weight is 439 g/mol. The summed E-state index contributed by atoms with van der Waals surface area (Å²) in [5.74, 6) is 0.875. The van der Waals surface area contributed by atoms with E-state index in [0.29, 0.717) is 18.2 Å². The van der Waals surface area contributed by atoms with Crippen molar-refractivity contribution in [2.24, 2.45) is 5.92 Å². The van der Waals surface area contributed by atoms with Gasteiger partial charge < -0.3 is 4.74 Å². The summed E-state index contributed by atoms with van der Waals surface area (Å²) in [6.07, 6.45) is 5.21. The molecule has 1 atom stereocenters. The Hall–Kier alpha value is -2.73. The lowest BCUT2D eigenvalue weighted by Gasteiger charge is -2.34. The maximum Gasteiger partial charge on any atom is 0.251 e. The van der Waals surface area contributed by atoms with Crippen molar-refractivity contribution in [3.05, 3.63) is 59.9 Å². The highest BCUT2D eigenvalue weighted by Gasteiger charge is 2.43. The molecule has 1 unspecified atom stereocenters. The zero-order valence-corrected chi connectivity index (χ0v) is 18.6. The molecule has 2 aromatic rings. The standard InChI is InChI=1S/C26H31FN2O3/c1-2-17-32-23-11-9-22(10-12-23)29-25(30)18-24(26(29)31)28-15-13-20(14-16-28)4-3-19-5-7-21(27)8-6-19/h5-12,20,24H,2-4,13-18H2,1H3. The van der Waals surface area contributed by atoms with Gasteiger partial charge >= 0.3 is 0 Å². The minimum absolute atomic E-state index is 0.123. The van der Waals surface area contributed by atoms with Crippen molar-refractivity contribution in [1.29, 1.82) is 0 Å². The number of carbonyl (C=O) groups excluding carboxylic acids is 2. The minimum Gasteiger partial charge on any atom is -0.494 e. The summed E-state index contributed by atoms with van der Waals surface area (Å²) >= 11 is 0. The first-order valence-corrected chi connectivity index (χ1v) is 11.6. The minimum atomic E-state index is -0.364. The molecule has 5 nitrogen and oxygen atoms in total. The number of hydrogen-bond acceptors (Lipinski definition) is 4. The zero-order valence-electron chi connectivity index (χ0n) is 18.6. The van der Waals surface area contributed by atoms with Gasteiger partial charge in [0.2, 0.25) is 5.91 Å². The summed E-state index contributed by atoms with van der Waals surface area (Å²) in [6.45, 7) is 4.35. The summed E-state index contributed by atoms with van der Waals surface area (Å²) in [4.78, 5) is 29.3. The van der Waals surface area contributed by atoms with Crippen LogP contribution in [-0.2, 0) is 16.0 Å². The third kappa shape index (κ3) is 5.18. The molecule has 6 heteroatoms. The second kappa shape index (κ2) is 10.3. The second-order valence-corrected chi connectivity index (χ2v) is 8.77. The van der Waals surface area contributed by atoms with E-state index < -0.39 is 0 Å². The number of piperidine rings is 1. The zero-order chi connectivity index (χ0) is 22.5. The van der Waals surface area contributed by atoms with Crippen molar-refractivity contribution >= 4 is 17.5 Å². The molecule has 0 spiro atoms. The first-order chi connectivity index (χ1) is 15.5. The summed E-state index contributed by atoms with van der Waals surface area (Å²) in [5, 5.41) is 0. The maximum absolute atomic E-state index is 13.1. The van der Waals surface area contributed by atoms with Crippen molar-refractivity contribution in [3.63, 3.8) is 0 Å². The lowest BCUT2D eigenvalue weighted by atomic mass is 9.90. The molecular weight excluding hydrogens is 407 g/mol. The highest BCUT2D eigenvalue weighted by molar-refractivity contribution is 6.22. The molecule has 2 aliphatic heterocycles. The fourth-order valence-corrected chi connectivity index (χ4v) is 4.66. The number of ether oxygens (including phenoxy) is 1. The Labute approximate surface area is 189 Å². The summed E-state index contributed by atoms with van der Waals surface area (Å²) in [7, 11) is 0. The number of likely N-dealkylation sites (tertiary alicyclic amines) is 1. The predicted octanol–water partition coefficient (Wildman–Crippen LogP) is 4.59. The molecule has 2 saturated heterocycles. The number of nitrogens with zero attached hydrogens (tertiary/aromatic N) is 2. The van der Waals surface area contributed by atoms with E-state index in [1.807, 2.05) is 31.2 Å². The van der Waals surface area contributed by atoms with E-state index in [-0.39, 0.29) is 30.1 Å². The topological polar surface area (TPSA) is 49.9 Å². The lowest BCUT2D eigenvalue weighted by molar-refractivity contribution is -0.123. The number of anilines is 1. The fourth-order valence-electron chi connectivity index (χ4n) is 4.66. The van der Waals surface area contributed by atoms with E-state index in [1.54, 1.807) is 12.1 Å². The lowest BCUT2D eigenvalue weighted by Crippen LogP contribution is -2.46. The van der Waals surface area contributed by atoms with Crippen LogP contribution >= 0.6 is 0 Å². The molecule has 4 rings (SSSR count). The second-order valence-electron chi connectivity index (χ2n) is 8.77. The maximum atomic E-state index is 13.1. The van der Waals surface area contributed by atoms with Crippen molar-refractivity contribution in [1.82, 2.24) is 4.90 Å². The van der Waals surface area contributed by atoms with Crippen LogP contribution in [0, 0.1) is 11.7 Å². The molecule has 0 N–H and O–H groups in total. The van der Waals surface area contributed by atoms with Gasteiger partial charge in [0, 0.05) is 0 Å². The molecule has 0 aliphatic carbocycles. The molecule has 2 heterocycles. The number of imide groups is 1. The van der Waals surface area contributed by atoms with Gasteiger partial charge in [0.1, 0.15) is 11.6 Å². The van der Waals surface area contributed by atoms with Crippen molar-refractivity contribution in [2.45, 2.75) is 51.5 Å². The van der Waals surface area contributed by atoms with Gasteiger partial charge in [-0.1, -0.05) is 19.1 Å². The number of benzene rings is 2. The van der Waals surface area contributed by atoms with Gasteiger partial charge in [0.05, 0.1) is 24.8 Å². The van der Waals surface area contributed by atoms with Crippen LogP contribution in [0.4, 0.5) is 10.1 Å². The van der Waals surface area contributed by atoms with Crippen molar-refractivity contribution in [2.75, 3.05) is 24.6 Å². The molecule has 2 aromatic carbocycles. The number of aryl methyl sites for hydroxylation is 1. The smallest absolute Gasteiger partial charge is 0.251 e. The van der Waals surface area contributed by atoms with Crippen LogP contribution in [-0.4, -0.2) is 42.5 Å². The quantitative estimate of drug-likeness (QED) is 0.566. The number of amides is 2. The molecule has 2 fully saturated rings. The van der Waals surface area contributed by atoms with Gasteiger partial charge in [0.15, 0.2) is 0 Å². The first-order valence-electron chi connectivity index (χ1n) is 11.6. The molecule has 0 radical (unpaired) electrons. The number of hydrogen-bond donors (Lipinski definition) is 0. The van der Waals surface area contributed by atoms with E-state index >= 15 is 0 Å². The van der Waals surface area contributed by atoms with E-state index in [1.165, 1.54) is 17.0 Å². The van der Waals surface area contributed by atoms with Crippen LogP contribution in [0.15, 0.2) is 48.5 Å². The van der Waals surface area contributed by atoms with E-state index in [2.05, 4.69) is 4.90 Å². The summed E-state index contributed by atoms with van der Waals surface area (Å²) in [6, 6.07) is 13.6. The molecule has 0 bridgehead atoms. The fraction of sp³-hybridized carbons (Fsp3) is 0.462. The summed E-state index contributed by atoms with van der Waals surface area (Å²) < 4.78 is 18.7. The largest absolute Gasteiger partial charge is 0.494 e. The normalized spacial score (nSPS) is 20.2. The Morgan fingerprint density at radius 2 is 1.69 bits per heavy atom. The van der Waals surface area contributed by atoms with Crippen LogP contribution in [0.2, 0.25) is 0 Å². The van der Waals surface area contributed by atoms with Crippen LogP contribution in [0.25, 0.3) is 0 Å². The van der Waals surface area contributed by atoms with Gasteiger partial charge in [-0.2, -0.15) is 0 Å². The van der Waals surface area contributed by atoms with Crippen LogP contribution in [0.5, 0.6) is 5.75 Å². The Morgan fingerprint density at radius 1 is 1.00 bits per heavy atom. The average Bonchev–Trinajstić information content (AvgIpc) is 3.12. The third-order valence-electron chi connectivity index (χ3n) is 6.54. The molecular formula is C26H31FN2O3. The van der Waals surface area contributed by atoms with Gasteiger partial charge in [-0.25, -0.2) is 9.29 Å². The van der Waals surface area contributed by atoms with Crippen LogP contribution in [0.1, 0.15) is 44.6 Å². The molecule has 0 aromatic heterocycles. The highest BCUT2D eigenvalue weighted by Crippen LogP contribution is 2.30. The highest BCUT2D eigenvalue weighted by atomic mass is 19.1. The van der Waals surface area contributed by atoms with E-state index in [9.17, 15) is 14.0 Å². The van der Waals surface area contributed by atoms with Gasteiger partial charge in [-0.05, 0) is 93.1 Å². The number of carbonyl (C=O) groups is 2. The van der Waals surface area contributed by atoms with Gasteiger partial charge in [-0.3, -0.25) is 14.5 Å². The number of halogens is 1. The Bertz CT molecular complexity index is 921. The predicted molar refractivity (Wildman–Crippen MR) is 122 cm³/mol.